The highest BCUT2D eigenvalue weighted by atomic mass is 16.5. The van der Waals surface area contributed by atoms with Gasteiger partial charge in [-0.3, -0.25) is 4.79 Å². The van der Waals surface area contributed by atoms with Crippen LogP contribution in [-0.4, -0.2) is 42.6 Å². The minimum absolute atomic E-state index is 0.0628. The van der Waals surface area contributed by atoms with Crippen LogP contribution in [0.25, 0.3) is 11.0 Å². The third-order valence-corrected chi connectivity index (χ3v) is 4.09. The number of benzene rings is 2. The molecule has 0 amide bonds. The number of ether oxygens (including phenoxy) is 3. The van der Waals surface area contributed by atoms with E-state index in [9.17, 15) is 14.7 Å². The lowest BCUT2D eigenvalue weighted by Crippen LogP contribution is -2.25. The van der Waals surface area contributed by atoms with E-state index in [2.05, 4.69) is 0 Å². The summed E-state index contributed by atoms with van der Waals surface area (Å²) >= 11 is 0. The lowest BCUT2D eigenvalue weighted by atomic mass is 10.2. The van der Waals surface area contributed by atoms with E-state index in [0.29, 0.717) is 17.1 Å². The molecule has 0 saturated heterocycles. The van der Waals surface area contributed by atoms with Crippen LogP contribution in [0.3, 0.4) is 0 Å². The minimum atomic E-state index is -1.35. The standard InChI is InChI=1S/C21H17NO8/c1-27-18-7-14(6-5-12(18)9-22)28-10-13(23)11-29-16-3-2-4-17-20(16)15(24)8-19(30-17)21(25)26/h2-8,13,23H,10-11H2,1H3,(H,25,26). The van der Waals surface area contributed by atoms with Crippen molar-refractivity contribution in [3.63, 3.8) is 0 Å². The first-order valence-electron chi connectivity index (χ1n) is 8.75. The molecule has 2 aromatic carbocycles. The summed E-state index contributed by atoms with van der Waals surface area (Å²) in [5.41, 5.74) is -0.151. The van der Waals surface area contributed by atoms with Crippen LogP contribution in [0.2, 0.25) is 0 Å². The van der Waals surface area contributed by atoms with Crippen molar-refractivity contribution in [3.8, 4) is 23.3 Å². The Morgan fingerprint density at radius 3 is 2.63 bits per heavy atom. The fourth-order valence-electron chi connectivity index (χ4n) is 2.68. The Balaban J connectivity index is 1.67. The third kappa shape index (κ3) is 4.51. The first-order valence-corrected chi connectivity index (χ1v) is 8.75. The summed E-state index contributed by atoms with van der Waals surface area (Å²) in [5, 5.41) is 28.2. The maximum atomic E-state index is 12.3. The number of carboxylic acids is 1. The van der Waals surface area contributed by atoms with Gasteiger partial charge in [0.05, 0.1) is 12.7 Å². The second-order valence-electron chi connectivity index (χ2n) is 6.16. The second kappa shape index (κ2) is 8.98. The van der Waals surface area contributed by atoms with Crippen molar-refractivity contribution in [2.45, 2.75) is 6.10 Å². The number of aliphatic hydroxyl groups excluding tert-OH is 1. The van der Waals surface area contributed by atoms with E-state index in [1.807, 2.05) is 6.07 Å². The molecular formula is C21H17NO8. The molecule has 0 bridgehead atoms. The van der Waals surface area contributed by atoms with Crippen molar-refractivity contribution in [2.75, 3.05) is 20.3 Å². The van der Waals surface area contributed by atoms with E-state index >= 15 is 0 Å². The van der Waals surface area contributed by atoms with Gasteiger partial charge in [0.25, 0.3) is 0 Å². The third-order valence-electron chi connectivity index (χ3n) is 4.09. The number of aliphatic hydroxyl groups is 1. The van der Waals surface area contributed by atoms with E-state index < -0.39 is 23.3 Å². The average molecular weight is 411 g/mol. The Morgan fingerprint density at radius 2 is 1.93 bits per heavy atom. The number of methoxy groups -OCH3 is 1. The zero-order valence-corrected chi connectivity index (χ0v) is 15.8. The fraction of sp³-hybridized carbons (Fsp3) is 0.190. The highest BCUT2D eigenvalue weighted by Crippen LogP contribution is 2.25. The monoisotopic (exact) mass is 411 g/mol. The molecule has 0 saturated carbocycles. The van der Waals surface area contributed by atoms with E-state index in [4.69, 9.17) is 29.0 Å². The van der Waals surface area contributed by atoms with Crippen LogP contribution < -0.4 is 19.6 Å². The van der Waals surface area contributed by atoms with Gasteiger partial charge in [0.1, 0.15) is 53.6 Å². The van der Waals surface area contributed by atoms with Gasteiger partial charge >= 0.3 is 5.97 Å². The fourth-order valence-corrected chi connectivity index (χ4v) is 2.68. The maximum Gasteiger partial charge on any atom is 0.371 e. The van der Waals surface area contributed by atoms with Crippen molar-refractivity contribution in [1.29, 1.82) is 5.26 Å². The summed E-state index contributed by atoms with van der Waals surface area (Å²) in [7, 11) is 1.43. The molecule has 1 unspecified atom stereocenters. The highest BCUT2D eigenvalue weighted by Gasteiger charge is 2.15. The molecule has 0 aliphatic carbocycles. The Bertz CT molecular complexity index is 1180. The van der Waals surface area contributed by atoms with Crippen LogP contribution >= 0.6 is 0 Å². The number of hydrogen-bond acceptors (Lipinski definition) is 8. The predicted molar refractivity (Wildman–Crippen MR) is 104 cm³/mol. The molecule has 1 atom stereocenters. The second-order valence-corrected chi connectivity index (χ2v) is 6.16. The predicted octanol–water partition coefficient (Wildman–Crippen LogP) is 2.19. The van der Waals surface area contributed by atoms with Gasteiger partial charge in [-0.15, -0.1) is 0 Å². The number of fused-ring (bicyclic) bond motifs is 1. The quantitative estimate of drug-likeness (QED) is 0.571. The van der Waals surface area contributed by atoms with Gasteiger partial charge in [-0.05, 0) is 24.3 Å². The average Bonchev–Trinajstić information content (AvgIpc) is 2.75. The molecule has 0 spiro atoms. The van der Waals surface area contributed by atoms with Gasteiger partial charge in [0.15, 0.2) is 5.43 Å². The molecule has 9 heteroatoms. The molecule has 0 fully saturated rings. The van der Waals surface area contributed by atoms with Crippen LogP contribution in [0.1, 0.15) is 16.1 Å². The van der Waals surface area contributed by atoms with Crippen LogP contribution in [-0.2, 0) is 0 Å². The summed E-state index contributed by atoms with van der Waals surface area (Å²) in [6, 6.07) is 12.0. The molecule has 0 aliphatic heterocycles. The molecule has 1 aromatic heterocycles. The zero-order valence-electron chi connectivity index (χ0n) is 15.8. The summed E-state index contributed by atoms with van der Waals surface area (Å²) in [6.07, 6.45) is -1.03. The molecule has 1 heterocycles. The van der Waals surface area contributed by atoms with E-state index in [0.717, 1.165) is 6.07 Å². The number of hydrogen-bond donors (Lipinski definition) is 2. The first kappa shape index (κ1) is 20.7. The van der Waals surface area contributed by atoms with Crippen LogP contribution in [0.4, 0.5) is 0 Å². The smallest absolute Gasteiger partial charge is 0.371 e. The Kier molecular flexibility index (Phi) is 6.20. The zero-order chi connectivity index (χ0) is 21.7. The van der Waals surface area contributed by atoms with Gasteiger partial charge in [-0.2, -0.15) is 5.26 Å². The number of nitrogens with zero attached hydrogens (tertiary/aromatic N) is 1. The largest absolute Gasteiger partial charge is 0.495 e. The number of rotatable bonds is 8. The lowest BCUT2D eigenvalue weighted by molar-refractivity contribution is 0.0630. The van der Waals surface area contributed by atoms with Crippen LogP contribution in [0.5, 0.6) is 17.2 Å². The molecule has 0 aliphatic rings. The summed E-state index contributed by atoms with van der Waals surface area (Å²) in [5.74, 6) is -0.929. The van der Waals surface area contributed by atoms with Gasteiger partial charge < -0.3 is 28.8 Å². The first-order chi connectivity index (χ1) is 14.4. The maximum absolute atomic E-state index is 12.3. The van der Waals surface area contributed by atoms with Gasteiger partial charge in [0, 0.05) is 12.1 Å². The SMILES string of the molecule is COc1cc(OCC(O)COc2cccc3oc(C(=O)O)cc(=O)c23)ccc1C#N. The summed E-state index contributed by atoms with van der Waals surface area (Å²) in [6.45, 7) is -0.301. The Hall–Kier alpha value is -4.03. The van der Waals surface area contributed by atoms with Crippen LogP contribution in [0.15, 0.2) is 51.7 Å². The lowest BCUT2D eigenvalue weighted by Gasteiger charge is -2.15. The topological polar surface area (TPSA) is 139 Å². The Morgan fingerprint density at radius 1 is 1.17 bits per heavy atom. The van der Waals surface area contributed by atoms with Crippen molar-refractivity contribution >= 4 is 16.9 Å². The molecule has 154 valence electrons. The minimum Gasteiger partial charge on any atom is -0.495 e. The van der Waals surface area contributed by atoms with Crippen molar-refractivity contribution in [2.24, 2.45) is 0 Å². The van der Waals surface area contributed by atoms with E-state index in [-0.39, 0.29) is 29.9 Å². The van der Waals surface area contributed by atoms with E-state index in [1.54, 1.807) is 6.07 Å². The van der Waals surface area contributed by atoms with Gasteiger partial charge in [0.2, 0.25) is 5.76 Å². The molecular weight excluding hydrogens is 394 g/mol. The molecule has 30 heavy (non-hydrogen) atoms. The molecule has 9 nitrogen and oxygen atoms in total. The number of nitriles is 1. The summed E-state index contributed by atoms with van der Waals surface area (Å²) in [4.78, 5) is 23.3. The van der Waals surface area contributed by atoms with Crippen molar-refractivity contribution in [1.82, 2.24) is 0 Å². The molecule has 3 rings (SSSR count). The molecule has 2 N–H and O–H groups in total. The Labute approximate surface area is 170 Å². The van der Waals surface area contributed by atoms with E-state index in [1.165, 1.54) is 37.4 Å². The molecule has 0 radical (unpaired) electrons. The number of aromatic carboxylic acids is 1. The van der Waals surface area contributed by atoms with Gasteiger partial charge in [-0.25, -0.2) is 4.79 Å². The van der Waals surface area contributed by atoms with Crippen LogP contribution in [0, 0.1) is 11.3 Å². The van der Waals surface area contributed by atoms with Crippen molar-refractivity contribution < 1.29 is 33.6 Å². The molecule has 3 aromatic rings. The normalized spacial score (nSPS) is 11.5. The highest BCUT2D eigenvalue weighted by molar-refractivity contribution is 5.89. The summed E-state index contributed by atoms with van der Waals surface area (Å²) < 4.78 is 21.3. The number of carbonyl (C=O) groups is 1. The number of carboxylic acid groups (broad SMARTS) is 1. The van der Waals surface area contributed by atoms with Crippen molar-refractivity contribution in [3.05, 3.63) is 64.0 Å². The van der Waals surface area contributed by atoms with Gasteiger partial charge in [-0.1, -0.05) is 6.07 Å².